The lowest BCUT2D eigenvalue weighted by Gasteiger charge is -2.32. The van der Waals surface area contributed by atoms with E-state index in [2.05, 4.69) is 31.0 Å². The first kappa shape index (κ1) is 20.2. The molecule has 0 bridgehead atoms. The van der Waals surface area contributed by atoms with E-state index in [4.69, 9.17) is 0 Å². The van der Waals surface area contributed by atoms with Crippen molar-refractivity contribution in [3.05, 3.63) is 23.7 Å². The molecule has 3 heterocycles. The molecule has 1 aliphatic rings. The zero-order valence-corrected chi connectivity index (χ0v) is 15.2. The van der Waals surface area contributed by atoms with Gasteiger partial charge in [0.2, 0.25) is 5.95 Å². The summed E-state index contributed by atoms with van der Waals surface area (Å²) in [6, 6.07) is -1.15. The second-order valence-electron chi connectivity index (χ2n) is 6.43. The van der Waals surface area contributed by atoms with Crippen LogP contribution < -0.4 is 16.0 Å². The van der Waals surface area contributed by atoms with Crippen LogP contribution in [0, 0.1) is 6.92 Å². The highest BCUT2D eigenvalue weighted by atomic mass is 19.4. The Balaban J connectivity index is 1.87. The smallest absolute Gasteiger partial charge is 0.370 e. The Bertz CT molecular complexity index is 833. The minimum Gasteiger partial charge on any atom is -0.370 e. The Morgan fingerprint density at radius 2 is 2.07 bits per heavy atom. The standard InChI is InChI=1S/C16H20F5N7/c1-3-23-13-10(16(19,20)21)6-24-14(27-13)26-11-7-25-28(9(11)2)12-8-22-5-4-15(12,17)18/h6-7,12,22H,3-5,8H2,1-2H3,(H2,23,24,26,27). The van der Waals surface area contributed by atoms with E-state index in [1.807, 2.05) is 0 Å². The number of rotatable bonds is 5. The van der Waals surface area contributed by atoms with Gasteiger partial charge < -0.3 is 16.0 Å². The molecular weight excluding hydrogens is 385 g/mol. The molecule has 7 nitrogen and oxygen atoms in total. The summed E-state index contributed by atoms with van der Waals surface area (Å²) in [5.41, 5.74) is -0.245. The molecule has 0 aliphatic carbocycles. The molecule has 28 heavy (non-hydrogen) atoms. The molecule has 1 aliphatic heterocycles. The minimum atomic E-state index is -4.60. The van der Waals surface area contributed by atoms with Crippen molar-refractivity contribution in [3.8, 4) is 0 Å². The molecule has 2 aromatic rings. The van der Waals surface area contributed by atoms with E-state index in [0.717, 1.165) is 0 Å². The van der Waals surface area contributed by atoms with Crippen LogP contribution in [0.2, 0.25) is 0 Å². The molecule has 2 aromatic heterocycles. The number of nitrogens with zero attached hydrogens (tertiary/aromatic N) is 4. The zero-order valence-electron chi connectivity index (χ0n) is 15.2. The third kappa shape index (κ3) is 4.01. The van der Waals surface area contributed by atoms with E-state index in [1.54, 1.807) is 13.8 Å². The summed E-state index contributed by atoms with van der Waals surface area (Å²) in [5.74, 6) is -3.37. The molecular formula is C16H20F5N7. The van der Waals surface area contributed by atoms with Crippen molar-refractivity contribution in [1.29, 1.82) is 0 Å². The number of alkyl halides is 5. The van der Waals surface area contributed by atoms with E-state index < -0.39 is 23.7 Å². The van der Waals surface area contributed by atoms with Gasteiger partial charge in [0.05, 0.1) is 17.6 Å². The van der Waals surface area contributed by atoms with Gasteiger partial charge in [0.15, 0.2) is 0 Å². The summed E-state index contributed by atoms with van der Waals surface area (Å²) in [5, 5.41) is 12.3. The largest absolute Gasteiger partial charge is 0.421 e. The highest BCUT2D eigenvalue weighted by Gasteiger charge is 2.44. The van der Waals surface area contributed by atoms with Crippen LogP contribution in [0.3, 0.4) is 0 Å². The Hall–Kier alpha value is -2.50. The molecule has 0 aromatic carbocycles. The summed E-state index contributed by atoms with van der Waals surface area (Å²) >= 11 is 0. The van der Waals surface area contributed by atoms with Crippen molar-refractivity contribution in [1.82, 2.24) is 25.1 Å². The number of hydrogen-bond acceptors (Lipinski definition) is 6. The Kier molecular flexibility index (Phi) is 5.41. The normalized spacial score (nSPS) is 19.5. The summed E-state index contributed by atoms with van der Waals surface area (Å²) in [6.07, 6.45) is -2.90. The molecule has 0 amide bonds. The molecule has 3 N–H and O–H groups in total. The number of aromatic nitrogens is 4. The van der Waals surface area contributed by atoms with Crippen molar-refractivity contribution in [2.45, 2.75) is 38.4 Å². The minimum absolute atomic E-state index is 0.0658. The summed E-state index contributed by atoms with van der Waals surface area (Å²) in [4.78, 5) is 7.56. The van der Waals surface area contributed by atoms with Crippen molar-refractivity contribution in [2.75, 3.05) is 30.3 Å². The van der Waals surface area contributed by atoms with Gasteiger partial charge in [-0.3, -0.25) is 4.68 Å². The molecule has 1 atom stereocenters. The molecule has 0 spiro atoms. The molecule has 3 rings (SSSR count). The van der Waals surface area contributed by atoms with Crippen LogP contribution in [0.15, 0.2) is 12.4 Å². The second-order valence-corrected chi connectivity index (χ2v) is 6.43. The number of halogens is 5. The van der Waals surface area contributed by atoms with Crippen LogP contribution in [-0.2, 0) is 6.18 Å². The predicted octanol–water partition coefficient (Wildman–Crippen LogP) is 3.35. The van der Waals surface area contributed by atoms with E-state index >= 15 is 0 Å². The molecule has 12 heteroatoms. The third-order valence-corrected chi connectivity index (χ3v) is 4.49. The van der Waals surface area contributed by atoms with Gasteiger partial charge in [-0.1, -0.05) is 0 Å². The topological polar surface area (TPSA) is 79.7 Å². The lowest BCUT2D eigenvalue weighted by atomic mass is 10.0. The highest BCUT2D eigenvalue weighted by molar-refractivity contribution is 5.58. The van der Waals surface area contributed by atoms with Gasteiger partial charge in [-0.05, 0) is 13.8 Å². The average molecular weight is 405 g/mol. The van der Waals surface area contributed by atoms with E-state index in [-0.39, 0.29) is 37.8 Å². The maximum Gasteiger partial charge on any atom is 0.421 e. The van der Waals surface area contributed by atoms with Gasteiger partial charge >= 0.3 is 6.18 Å². The van der Waals surface area contributed by atoms with Crippen LogP contribution in [0.4, 0.5) is 39.4 Å². The quantitative estimate of drug-likeness (QED) is 0.663. The summed E-state index contributed by atoms with van der Waals surface area (Å²) in [7, 11) is 0. The van der Waals surface area contributed by atoms with Gasteiger partial charge in [-0.2, -0.15) is 23.3 Å². The first-order valence-corrected chi connectivity index (χ1v) is 8.71. The Labute approximate surface area is 157 Å². The number of hydrogen-bond donors (Lipinski definition) is 3. The maximum absolute atomic E-state index is 14.2. The van der Waals surface area contributed by atoms with Crippen molar-refractivity contribution < 1.29 is 22.0 Å². The Morgan fingerprint density at radius 1 is 1.32 bits per heavy atom. The summed E-state index contributed by atoms with van der Waals surface area (Å²) in [6.45, 7) is 3.76. The fraction of sp³-hybridized carbons (Fsp3) is 0.562. The van der Waals surface area contributed by atoms with E-state index in [1.165, 1.54) is 10.9 Å². The van der Waals surface area contributed by atoms with Crippen LogP contribution in [0.25, 0.3) is 0 Å². The SMILES string of the molecule is CCNc1nc(Nc2cnn(C3CNCCC3(F)F)c2C)ncc1C(F)(F)F. The first-order valence-electron chi connectivity index (χ1n) is 8.71. The second kappa shape index (κ2) is 7.49. The monoisotopic (exact) mass is 405 g/mol. The van der Waals surface area contributed by atoms with Crippen LogP contribution in [0.5, 0.6) is 0 Å². The molecule has 1 unspecified atom stereocenters. The van der Waals surface area contributed by atoms with Gasteiger partial charge in [0.25, 0.3) is 5.92 Å². The maximum atomic E-state index is 14.2. The van der Waals surface area contributed by atoms with E-state index in [0.29, 0.717) is 17.6 Å². The van der Waals surface area contributed by atoms with Gasteiger partial charge in [-0.25, -0.2) is 13.8 Å². The summed E-state index contributed by atoms with van der Waals surface area (Å²) < 4.78 is 68.8. The van der Waals surface area contributed by atoms with Crippen molar-refractivity contribution in [2.24, 2.45) is 0 Å². The van der Waals surface area contributed by atoms with Crippen LogP contribution in [0.1, 0.15) is 30.6 Å². The van der Waals surface area contributed by atoms with Gasteiger partial charge in [-0.15, -0.1) is 0 Å². The molecule has 0 saturated carbocycles. The lowest BCUT2D eigenvalue weighted by molar-refractivity contribution is -0.137. The van der Waals surface area contributed by atoms with Crippen LogP contribution in [-0.4, -0.2) is 45.3 Å². The third-order valence-electron chi connectivity index (χ3n) is 4.49. The molecule has 1 saturated heterocycles. The lowest BCUT2D eigenvalue weighted by Crippen LogP contribution is -2.46. The number of nitrogens with one attached hydrogen (secondary N) is 3. The van der Waals surface area contributed by atoms with Crippen molar-refractivity contribution in [3.63, 3.8) is 0 Å². The average Bonchev–Trinajstić information content (AvgIpc) is 2.94. The van der Waals surface area contributed by atoms with Crippen molar-refractivity contribution >= 4 is 17.5 Å². The molecule has 0 radical (unpaired) electrons. The first-order chi connectivity index (χ1) is 13.1. The molecule has 1 fully saturated rings. The van der Waals surface area contributed by atoms with Crippen LogP contribution >= 0.6 is 0 Å². The van der Waals surface area contributed by atoms with Gasteiger partial charge in [0.1, 0.15) is 17.4 Å². The van der Waals surface area contributed by atoms with E-state index in [9.17, 15) is 22.0 Å². The number of anilines is 3. The van der Waals surface area contributed by atoms with Gasteiger partial charge in [0, 0.05) is 32.3 Å². The highest BCUT2D eigenvalue weighted by Crippen LogP contribution is 2.36. The fourth-order valence-corrected chi connectivity index (χ4v) is 3.01. The number of piperidine rings is 1. The predicted molar refractivity (Wildman–Crippen MR) is 92.9 cm³/mol. The Morgan fingerprint density at radius 3 is 2.71 bits per heavy atom. The molecule has 154 valence electrons. The fourth-order valence-electron chi connectivity index (χ4n) is 3.01. The zero-order chi connectivity index (χ0) is 20.5.